The van der Waals surface area contributed by atoms with E-state index in [9.17, 15) is 4.79 Å². The summed E-state index contributed by atoms with van der Waals surface area (Å²) in [6, 6.07) is 11.3. The summed E-state index contributed by atoms with van der Waals surface area (Å²) in [4.78, 5) is 17.7. The molecule has 0 aliphatic rings. The summed E-state index contributed by atoms with van der Waals surface area (Å²) in [6.07, 6.45) is 4.54. The van der Waals surface area contributed by atoms with E-state index in [2.05, 4.69) is 20.4 Å². The predicted molar refractivity (Wildman–Crippen MR) is 85.8 cm³/mol. The van der Waals surface area contributed by atoms with Crippen LogP contribution in [0, 0.1) is 6.92 Å². The third-order valence-corrected chi connectivity index (χ3v) is 3.51. The van der Waals surface area contributed by atoms with Crippen molar-refractivity contribution in [2.24, 2.45) is 0 Å². The van der Waals surface area contributed by atoms with Gasteiger partial charge in [0.25, 0.3) is 0 Å². The molecule has 0 aliphatic carbocycles. The number of rotatable bonds is 6. The maximum absolute atomic E-state index is 12.1. The Morgan fingerprint density at radius 2 is 2.00 bits per heavy atom. The molecule has 0 atom stereocenters. The number of aromatic nitrogens is 5. The Balaban J connectivity index is 1.54. The fourth-order valence-corrected chi connectivity index (χ4v) is 2.21. The first-order chi connectivity index (χ1) is 11.2. The van der Waals surface area contributed by atoms with Crippen LogP contribution in [-0.4, -0.2) is 31.0 Å². The van der Waals surface area contributed by atoms with Gasteiger partial charge < -0.3 is 0 Å². The average Bonchev–Trinajstić information content (AvgIpc) is 3.05. The molecule has 0 spiro atoms. The number of benzene rings is 1. The van der Waals surface area contributed by atoms with Crippen LogP contribution in [0.25, 0.3) is 11.4 Å². The van der Waals surface area contributed by atoms with Gasteiger partial charge in [-0.2, -0.15) is 4.80 Å². The number of carbonyl (C=O) groups excluding carboxylic acids is 1. The predicted octanol–water partition coefficient (Wildman–Crippen LogP) is 2.71. The maximum Gasteiger partial charge on any atom is 0.206 e. The van der Waals surface area contributed by atoms with Gasteiger partial charge in [0.1, 0.15) is 0 Å². The van der Waals surface area contributed by atoms with E-state index in [4.69, 9.17) is 0 Å². The van der Waals surface area contributed by atoms with Crippen LogP contribution in [0.2, 0.25) is 0 Å². The van der Waals surface area contributed by atoms with E-state index >= 15 is 0 Å². The zero-order chi connectivity index (χ0) is 16.1. The number of aryl methyl sites for hydroxylation is 2. The lowest BCUT2D eigenvalue weighted by Gasteiger charge is -2.01. The van der Waals surface area contributed by atoms with Crippen LogP contribution in [-0.2, 0) is 6.54 Å². The van der Waals surface area contributed by atoms with Gasteiger partial charge in [-0.25, -0.2) is 0 Å². The highest BCUT2D eigenvalue weighted by atomic mass is 16.1. The third-order valence-electron chi connectivity index (χ3n) is 3.51. The molecule has 0 bridgehead atoms. The van der Waals surface area contributed by atoms with E-state index in [-0.39, 0.29) is 5.78 Å². The van der Waals surface area contributed by atoms with E-state index in [0.717, 1.165) is 16.7 Å². The average molecular weight is 307 g/mol. The third kappa shape index (κ3) is 3.85. The molecule has 0 saturated carbocycles. The molecular formula is C17H17N5O. The lowest BCUT2D eigenvalue weighted by molar-refractivity contribution is 0.0977. The number of nitrogens with zero attached hydrogens (tertiary/aromatic N) is 5. The summed E-state index contributed by atoms with van der Waals surface area (Å²) in [7, 11) is 0. The number of tetrazole rings is 1. The van der Waals surface area contributed by atoms with Crippen LogP contribution in [0.5, 0.6) is 0 Å². The second-order valence-corrected chi connectivity index (χ2v) is 5.34. The number of Topliss-reactive ketones (excluding diaryl/α,β-unsaturated/α-hetero) is 1. The van der Waals surface area contributed by atoms with Crippen molar-refractivity contribution >= 4 is 5.78 Å². The molecular weight excluding hydrogens is 290 g/mol. The number of ketones is 1. The fraction of sp³-hybridized carbons (Fsp3) is 0.235. The van der Waals surface area contributed by atoms with E-state index in [1.54, 1.807) is 12.4 Å². The molecule has 0 amide bonds. The van der Waals surface area contributed by atoms with Crippen molar-refractivity contribution in [2.45, 2.75) is 26.3 Å². The van der Waals surface area contributed by atoms with E-state index in [1.165, 1.54) is 4.80 Å². The standard InChI is InChI=1S/C17H17N5O/c1-13-6-8-14(9-7-13)16(23)5-3-11-22-20-17(19-21-22)15-4-2-10-18-12-15/h2,4,6-10,12H,3,5,11H2,1H3. The minimum Gasteiger partial charge on any atom is -0.294 e. The van der Waals surface area contributed by atoms with Gasteiger partial charge in [0.15, 0.2) is 5.78 Å². The van der Waals surface area contributed by atoms with Crippen molar-refractivity contribution in [3.63, 3.8) is 0 Å². The molecule has 0 unspecified atom stereocenters. The van der Waals surface area contributed by atoms with Gasteiger partial charge in [-0.15, -0.1) is 10.2 Å². The fourth-order valence-electron chi connectivity index (χ4n) is 2.21. The van der Waals surface area contributed by atoms with Crippen molar-refractivity contribution in [2.75, 3.05) is 0 Å². The Morgan fingerprint density at radius 3 is 2.74 bits per heavy atom. The first kappa shape index (κ1) is 15.0. The van der Waals surface area contributed by atoms with Gasteiger partial charge in [0, 0.05) is 29.9 Å². The molecule has 3 aromatic rings. The summed E-state index contributed by atoms with van der Waals surface area (Å²) in [5, 5.41) is 12.3. The molecule has 6 nitrogen and oxygen atoms in total. The lowest BCUT2D eigenvalue weighted by atomic mass is 10.1. The first-order valence-electron chi connectivity index (χ1n) is 7.50. The topological polar surface area (TPSA) is 73.6 Å². The number of pyridine rings is 1. The molecule has 0 radical (unpaired) electrons. The molecule has 0 saturated heterocycles. The molecule has 2 heterocycles. The molecule has 0 fully saturated rings. The summed E-state index contributed by atoms with van der Waals surface area (Å²) < 4.78 is 0. The van der Waals surface area contributed by atoms with Crippen molar-refractivity contribution in [1.29, 1.82) is 0 Å². The largest absolute Gasteiger partial charge is 0.294 e. The number of hydrogen-bond donors (Lipinski definition) is 0. The van der Waals surface area contributed by atoms with Crippen molar-refractivity contribution in [3.8, 4) is 11.4 Å². The minimum absolute atomic E-state index is 0.137. The lowest BCUT2D eigenvalue weighted by Crippen LogP contribution is -2.06. The molecule has 2 aromatic heterocycles. The first-order valence-corrected chi connectivity index (χ1v) is 7.50. The maximum atomic E-state index is 12.1. The molecule has 0 N–H and O–H groups in total. The number of hydrogen-bond acceptors (Lipinski definition) is 5. The van der Waals surface area contributed by atoms with Crippen molar-refractivity contribution in [1.82, 2.24) is 25.2 Å². The summed E-state index contributed by atoms with van der Waals surface area (Å²) in [6.45, 7) is 2.56. The zero-order valence-corrected chi connectivity index (χ0v) is 12.9. The normalized spacial score (nSPS) is 10.7. The van der Waals surface area contributed by atoms with Crippen LogP contribution in [0.4, 0.5) is 0 Å². The second kappa shape index (κ2) is 6.91. The summed E-state index contributed by atoms with van der Waals surface area (Å²) in [5.41, 5.74) is 2.73. The van der Waals surface area contributed by atoms with E-state index in [1.807, 2.05) is 43.3 Å². The van der Waals surface area contributed by atoms with Gasteiger partial charge in [-0.3, -0.25) is 9.78 Å². The SMILES string of the molecule is Cc1ccc(C(=O)CCCn2nnc(-c3cccnc3)n2)cc1. The zero-order valence-electron chi connectivity index (χ0n) is 12.9. The smallest absolute Gasteiger partial charge is 0.206 e. The molecule has 116 valence electrons. The Kier molecular flexibility index (Phi) is 4.52. The van der Waals surface area contributed by atoms with Crippen LogP contribution in [0.15, 0.2) is 48.8 Å². The van der Waals surface area contributed by atoms with E-state index in [0.29, 0.717) is 25.2 Å². The minimum atomic E-state index is 0.137. The monoisotopic (exact) mass is 307 g/mol. The Labute approximate surface area is 134 Å². The second-order valence-electron chi connectivity index (χ2n) is 5.34. The molecule has 0 aliphatic heterocycles. The van der Waals surface area contributed by atoms with Gasteiger partial charge in [0.05, 0.1) is 6.54 Å². The summed E-state index contributed by atoms with van der Waals surface area (Å²) in [5.74, 6) is 0.681. The highest BCUT2D eigenvalue weighted by Gasteiger charge is 2.08. The molecule has 1 aromatic carbocycles. The summed E-state index contributed by atoms with van der Waals surface area (Å²) >= 11 is 0. The van der Waals surface area contributed by atoms with Crippen molar-refractivity contribution in [3.05, 3.63) is 59.9 Å². The van der Waals surface area contributed by atoms with E-state index < -0.39 is 0 Å². The Bertz CT molecular complexity index is 780. The highest BCUT2D eigenvalue weighted by Crippen LogP contribution is 2.11. The van der Waals surface area contributed by atoms with Crippen LogP contribution in [0.1, 0.15) is 28.8 Å². The van der Waals surface area contributed by atoms with Gasteiger partial charge in [0.2, 0.25) is 5.82 Å². The van der Waals surface area contributed by atoms with Crippen LogP contribution < -0.4 is 0 Å². The van der Waals surface area contributed by atoms with Crippen LogP contribution >= 0.6 is 0 Å². The molecule has 6 heteroatoms. The Hall–Kier alpha value is -2.89. The highest BCUT2D eigenvalue weighted by molar-refractivity contribution is 5.96. The number of carbonyl (C=O) groups is 1. The van der Waals surface area contributed by atoms with Crippen LogP contribution in [0.3, 0.4) is 0 Å². The van der Waals surface area contributed by atoms with Crippen molar-refractivity contribution < 1.29 is 4.79 Å². The molecule has 3 rings (SSSR count). The van der Waals surface area contributed by atoms with Gasteiger partial charge in [-0.05, 0) is 30.7 Å². The van der Waals surface area contributed by atoms with Gasteiger partial charge in [-0.1, -0.05) is 29.8 Å². The van der Waals surface area contributed by atoms with Gasteiger partial charge >= 0.3 is 0 Å². The quantitative estimate of drug-likeness (QED) is 0.655. The molecule has 23 heavy (non-hydrogen) atoms. The Morgan fingerprint density at radius 1 is 1.17 bits per heavy atom.